The maximum absolute atomic E-state index is 6.12. The van der Waals surface area contributed by atoms with Crippen LogP contribution in [0.2, 0.25) is 0 Å². The number of fused-ring (bicyclic) bond motifs is 1. The molecule has 0 atom stereocenters. The summed E-state index contributed by atoms with van der Waals surface area (Å²) in [6.45, 7) is 6.33. The molecule has 3 aromatic rings. The van der Waals surface area contributed by atoms with Gasteiger partial charge in [0.15, 0.2) is 5.65 Å². The van der Waals surface area contributed by atoms with Gasteiger partial charge in [0.05, 0.1) is 11.6 Å². The number of alkyl halides is 1. The Morgan fingerprint density at radius 3 is 2.57 bits per heavy atom. The predicted molar refractivity (Wildman–Crippen MR) is 86.2 cm³/mol. The number of hydrogen-bond acceptors (Lipinski definition) is 2. The van der Waals surface area contributed by atoms with Crippen molar-refractivity contribution in [3.8, 4) is 5.69 Å². The lowest BCUT2D eigenvalue weighted by molar-refractivity contribution is 0.744. The van der Waals surface area contributed by atoms with E-state index < -0.39 is 0 Å². The maximum atomic E-state index is 6.12. The van der Waals surface area contributed by atoms with Crippen LogP contribution in [-0.4, -0.2) is 19.3 Å². The molecule has 5 heteroatoms. The molecule has 0 unspecified atom stereocenters. The van der Waals surface area contributed by atoms with Crippen LogP contribution in [0.4, 0.5) is 0 Å². The van der Waals surface area contributed by atoms with Crippen LogP contribution >= 0.6 is 11.6 Å². The average Bonchev–Trinajstić information content (AvgIpc) is 2.99. The van der Waals surface area contributed by atoms with Gasteiger partial charge < -0.3 is 0 Å². The lowest BCUT2D eigenvalue weighted by Crippen LogP contribution is -2.05. The lowest BCUT2D eigenvalue weighted by atomic mass is 10.1. The van der Waals surface area contributed by atoms with Gasteiger partial charge in [0.2, 0.25) is 0 Å². The van der Waals surface area contributed by atoms with Crippen LogP contribution < -0.4 is 0 Å². The number of hydrogen-bond donors (Lipinski definition) is 0. The van der Waals surface area contributed by atoms with E-state index >= 15 is 0 Å². The van der Waals surface area contributed by atoms with E-state index in [1.165, 1.54) is 11.1 Å². The summed E-state index contributed by atoms with van der Waals surface area (Å²) in [7, 11) is 1.96. The molecule has 3 rings (SSSR count). The molecule has 0 aliphatic carbocycles. The fourth-order valence-electron chi connectivity index (χ4n) is 2.69. The second kappa shape index (κ2) is 5.19. The van der Waals surface area contributed by atoms with Crippen LogP contribution in [0.15, 0.2) is 18.2 Å². The van der Waals surface area contributed by atoms with Gasteiger partial charge in [-0.05, 0) is 43.5 Å². The fraction of sp³-hybridized carbons (Fsp3) is 0.375. The lowest BCUT2D eigenvalue weighted by Gasteiger charge is -2.10. The van der Waals surface area contributed by atoms with Gasteiger partial charge in [-0.1, -0.05) is 13.0 Å². The molecular weight excluding hydrogens is 284 g/mol. The van der Waals surface area contributed by atoms with Crippen molar-refractivity contribution in [3.63, 3.8) is 0 Å². The van der Waals surface area contributed by atoms with E-state index in [1.807, 2.05) is 11.7 Å². The minimum absolute atomic E-state index is 0.380. The molecule has 0 saturated carbocycles. The van der Waals surface area contributed by atoms with Crippen LogP contribution in [0.3, 0.4) is 0 Å². The normalized spacial score (nSPS) is 11.5. The van der Waals surface area contributed by atoms with E-state index in [9.17, 15) is 0 Å². The number of nitrogens with zero attached hydrogens (tertiary/aromatic N) is 4. The molecule has 2 heterocycles. The summed E-state index contributed by atoms with van der Waals surface area (Å²) in [5.41, 5.74) is 6.59. The van der Waals surface area contributed by atoms with Gasteiger partial charge in [-0.2, -0.15) is 5.10 Å². The van der Waals surface area contributed by atoms with E-state index in [2.05, 4.69) is 48.6 Å². The minimum Gasteiger partial charge on any atom is -0.280 e. The Morgan fingerprint density at radius 1 is 1.19 bits per heavy atom. The van der Waals surface area contributed by atoms with Crippen molar-refractivity contribution in [3.05, 3.63) is 40.8 Å². The summed E-state index contributed by atoms with van der Waals surface area (Å²) in [4.78, 5) is 4.70. The Morgan fingerprint density at radius 2 is 1.95 bits per heavy atom. The second-order valence-electron chi connectivity index (χ2n) is 5.36. The molecule has 0 aliphatic heterocycles. The smallest absolute Gasteiger partial charge is 0.163 e. The summed E-state index contributed by atoms with van der Waals surface area (Å²) in [6, 6.07) is 6.41. The van der Waals surface area contributed by atoms with E-state index in [0.717, 1.165) is 34.8 Å². The molecule has 0 fully saturated rings. The van der Waals surface area contributed by atoms with E-state index in [4.69, 9.17) is 16.6 Å². The van der Waals surface area contributed by atoms with Crippen molar-refractivity contribution in [2.75, 3.05) is 0 Å². The van der Waals surface area contributed by atoms with Gasteiger partial charge in [-0.15, -0.1) is 11.6 Å². The summed E-state index contributed by atoms with van der Waals surface area (Å²) < 4.78 is 4.01. The van der Waals surface area contributed by atoms with Crippen molar-refractivity contribution in [1.82, 2.24) is 19.3 Å². The van der Waals surface area contributed by atoms with Crippen LogP contribution in [-0.2, 0) is 19.3 Å². The van der Waals surface area contributed by atoms with Gasteiger partial charge in [0, 0.05) is 12.7 Å². The molecule has 0 N–H and O–H groups in total. The monoisotopic (exact) mass is 302 g/mol. The highest BCUT2D eigenvalue weighted by Gasteiger charge is 2.19. The molecule has 110 valence electrons. The minimum atomic E-state index is 0.380. The highest BCUT2D eigenvalue weighted by Crippen LogP contribution is 2.26. The zero-order valence-corrected chi connectivity index (χ0v) is 13.6. The summed E-state index contributed by atoms with van der Waals surface area (Å²) >= 11 is 6.12. The first-order chi connectivity index (χ1) is 10.1. The van der Waals surface area contributed by atoms with Crippen molar-refractivity contribution >= 4 is 22.8 Å². The Hall–Kier alpha value is -1.81. The van der Waals surface area contributed by atoms with Crippen molar-refractivity contribution in [2.24, 2.45) is 7.05 Å². The first kappa shape index (κ1) is 14.1. The third-order valence-electron chi connectivity index (χ3n) is 3.98. The number of imidazole rings is 1. The first-order valence-corrected chi connectivity index (χ1v) is 7.67. The number of rotatable bonds is 3. The Bertz CT molecular complexity index is 813. The molecule has 4 nitrogen and oxygen atoms in total. The molecule has 0 radical (unpaired) electrons. The summed E-state index contributed by atoms with van der Waals surface area (Å²) in [5.74, 6) is 1.24. The molecule has 1 aromatic carbocycles. The van der Waals surface area contributed by atoms with Crippen molar-refractivity contribution < 1.29 is 0 Å². The first-order valence-electron chi connectivity index (χ1n) is 7.13. The average molecular weight is 303 g/mol. The number of halogens is 1. The van der Waals surface area contributed by atoms with Crippen molar-refractivity contribution in [2.45, 2.75) is 33.1 Å². The number of aromatic nitrogens is 4. The fourth-order valence-corrected chi connectivity index (χ4v) is 2.87. The molecule has 0 spiro atoms. The zero-order valence-electron chi connectivity index (χ0n) is 12.8. The topological polar surface area (TPSA) is 35.6 Å². The highest BCUT2D eigenvalue weighted by molar-refractivity contribution is 6.17. The van der Waals surface area contributed by atoms with E-state index in [1.54, 1.807) is 0 Å². The van der Waals surface area contributed by atoms with E-state index in [0.29, 0.717) is 5.88 Å². The van der Waals surface area contributed by atoms with Crippen molar-refractivity contribution in [1.29, 1.82) is 0 Å². The van der Waals surface area contributed by atoms with Crippen LogP contribution in [0.5, 0.6) is 0 Å². The molecule has 0 aliphatic rings. The van der Waals surface area contributed by atoms with Gasteiger partial charge in [0.25, 0.3) is 0 Å². The standard InChI is InChI=1S/C16H19ClN4/c1-5-13-15-16(20(4)19-13)21(14(9-17)18-15)12-7-6-10(2)11(3)8-12/h6-8H,5,9H2,1-4H3. The maximum Gasteiger partial charge on any atom is 0.163 e. The highest BCUT2D eigenvalue weighted by atomic mass is 35.5. The zero-order chi connectivity index (χ0) is 15.1. The van der Waals surface area contributed by atoms with Gasteiger partial charge in [0.1, 0.15) is 11.3 Å². The third-order valence-corrected chi connectivity index (χ3v) is 4.22. The van der Waals surface area contributed by atoms with Crippen LogP contribution in [0.25, 0.3) is 16.9 Å². The SMILES string of the molecule is CCc1nn(C)c2c1nc(CCl)n2-c1ccc(C)c(C)c1. The summed E-state index contributed by atoms with van der Waals surface area (Å²) in [5, 5.41) is 4.56. The largest absolute Gasteiger partial charge is 0.280 e. The second-order valence-corrected chi connectivity index (χ2v) is 5.63. The summed E-state index contributed by atoms with van der Waals surface area (Å²) in [6.07, 6.45) is 0.864. The van der Waals surface area contributed by atoms with Gasteiger partial charge in [-0.3, -0.25) is 4.57 Å². The molecule has 0 amide bonds. The van der Waals surface area contributed by atoms with Crippen LogP contribution in [0, 0.1) is 13.8 Å². The molecule has 0 saturated heterocycles. The predicted octanol–water partition coefficient (Wildman–Crippen LogP) is 3.68. The number of aryl methyl sites for hydroxylation is 4. The molecule has 2 aromatic heterocycles. The molecule has 0 bridgehead atoms. The molecule has 21 heavy (non-hydrogen) atoms. The Balaban J connectivity index is 2.34. The number of benzene rings is 1. The molecular formula is C16H19ClN4. The van der Waals surface area contributed by atoms with Gasteiger partial charge in [-0.25, -0.2) is 9.67 Å². The Kier molecular flexibility index (Phi) is 3.49. The van der Waals surface area contributed by atoms with Gasteiger partial charge >= 0.3 is 0 Å². The van der Waals surface area contributed by atoms with E-state index in [-0.39, 0.29) is 0 Å². The quantitative estimate of drug-likeness (QED) is 0.692. The Labute approximate surface area is 129 Å². The van der Waals surface area contributed by atoms with Crippen LogP contribution in [0.1, 0.15) is 29.6 Å². The third kappa shape index (κ3) is 2.14.